The van der Waals surface area contributed by atoms with Gasteiger partial charge < -0.3 is 9.73 Å². The molecule has 1 aliphatic rings. The Labute approximate surface area is 179 Å². The van der Waals surface area contributed by atoms with Crippen LogP contribution in [0.5, 0.6) is 0 Å². The number of aliphatic imine (C=N–C) groups is 1. The molecule has 140 valence electrons. The van der Waals surface area contributed by atoms with E-state index in [9.17, 15) is 4.79 Å². The zero-order valence-electron chi connectivity index (χ0n) is 14.7. The summed E-state index contributed by atoms with van der Waals surface area (Å²) in [6, 6.07) is 17.0. The number of thioether (sulfide) groups is 1. The third kappa shape index (κ3) is 4.09. The smallest absolute Gasteiger partial charge is 0.264 e. The first-order valence-electron chi connectivity index (χ1n) is 8.40. The maximum Gasteiger partial charge on any atom is 0.264 e. The third-order valence-electron chi connectivity index (χ3n) is 4.02. The van der Waals surface area contributed by atoms with Gasteiger partial charge in [-0.1, -0.05) is 45.7 Å². The van der Waals surface area contributed by atoms with E-state index < -0.39 is 0 Å². The number of halogens is 2. The summed E-state index contributed by atoms with van der Waals surface area (Å²) in [5.41, 5.74) is 2.73. The van der Waals surface area contributed by atoms with Crippen LogP contribution in [0.4, 0.5) is 5.69 Å². The van der Waals surface area contributed by atoms with Crippen LogP contribution in [0.25, 0.3) is 17.4 Å². The molecule has 3 aromatic rings. The number of nitrogens with one attached hydrogen (secondary N) is 1. The van der Waals surface area contributed by atoms with Crippen LogP contribution in [0.1, 0.15) is 11.3 Å². The van der Waals surface area contributed by atoms with Crippen LogP contribution in [-0.4, -0.2) is 11.1 Å². The molecule has 1 N–H and O–H groups in total. The second-order valence-corrected chi connectivity index (χ2v) is 8.41. The number of rotatable bonds is 3. The number of hydrogen-bond donors (Lipinski definition) is 1. The molecule has 2 heterocycles. The monoisotopic (exact) mass is 472 g/mol. The molecule has 0 unspecified atom stereocenters. The number of para-hydroxylation sites is 1. The van der Waals surface area contributed by atoms with Crippen molar-refractivity contribution >= 4 is 62.1 Å². The Balaban J connectivity index is 1.57. The van der Waals surface area contributed by atoms with Gasteiger partial charge in [-0.15, -0.1) is 0 Å². The first-order valence-corrected chi connectivity index (χ1v) is 10.4. The molecule has 1 aliphatic heterocycles. The normalized spacial score (nSPS) is 16.8. The van der Waals surface area contributed by atoms with Gasteiger partial charge >= 0.3 is 0 Å². The summed E-state index contributed by atoms with van der Waals surface area (Å²) in [7, 11) is 0. The molecule has 7 heteroatoms. The summed E-state index contributed by atoms with van der Waals surface area (Å²) in [5.74, 6) is 1.11. The number of amides is 1. The third-order valence-corrected chi connectivity index (χ3v) is 5.90. The van der Waals surface area contributed by atoms with Gasteiger partial charge in [-0.3, -0.25) is 4.79 Å². The molecule has 0 aliphatic carbocycles. The van der Waals surface area contributed by atoms with Crippen LogP contribution in [0, 0.1) is 6.92 Å². The molecule has 4 rings (SSSR count). The summed E-state index contributed by atoms with van der Waals surface area (Å²) in [5, 5.41) is 3.76. The highest BCUT2D eigenvalue weighted by molar-refractivity contribution is 9.10. The summed E-state index contributed by atoms with van der Waals surface area (Å²) >= 11 is 10.9. The summed E-state index contributed by atoms with van der Waals surface area (Å²) in [6.45, 7) is 2.03. The van der Waals surface area contributed by atoms with Gasteiger partial charge in [-0.05, 0) is 60.6 Å². The van der Waals surface area contributed by atoms with Crippen molar-refractivity contribution in [3.8, 4) is 11.3 Å². The molecule has 0 saturated carbocycles. The Bertz CT molecular complexity index is 1140. The molecule has 1 aromatic heterocycles. The van der Waals surface area contributed by atoms with Crippen LogP contribution in [-0.2, 0) is 4.79 Å². The van der Waals surface area contributed by atoms with Gasteiger partial charge in [-0.25, -0.2) is 4.99 Å². The molecular formula is C21H14BrClN2O2S. The lowest BCUT2D eigenvalue weighted by atomic mass is 10.1. The van der Waals surface area contributed by atoms with Gasteiger partial charge in [0.05, 0.1) is 15.6 Å². The van der Waals surface area contributed by atoms with Crippen LogP contribution in [0.15, 0.2) is 73.4 Å². The fraction of sp³-hybridized carbons (Fsp3) is 0.0476. The van der Waals surface area contributed by atoms with E-state index in [1.807, 2.05) is 49.4 Å². The van der Waals surface area contributed by atoms with Crippen LogP contribution < -0.4 is 5.32 Å². The largest absolute Gasteiger partial charge is 0.457 e. The maximum absolute atomic E-state index is 12.3. The number of hydrogen-bond acceptors (Lipinski definition) is 4. The van der Waals surface area contributed by atoms with E-state index in [0.717, 1.165) is 21.4 Å². The van der Waals surface area contributed by atoms with Crippen molar-refractivity contribution in [1.29, 1.82) is 0 Å². The summed E-state index contributed by atoms with van der Waals surface area (Å²) in [6.07, 6.45) is 1.71. The number of aryl methyl sites for hydroxylation is 1. The van der Waals surface area contributed by atoms with Crippen molar-refractivity contribution in [3.63, 3.8) is 0 Å². The highest BCUT2D eigenvalue weighted by Gasteiger charge is 2.24. The molecule has 1 saturated heterocycles. The van der Waals surface area contributed by atoms with Gasteiger partial charge in [0.1, 0.15) is 11.5 Å². The standard InChI is InChI=1S/C21H14BrClN2O2S/c1-12-6-8-14(15(22)10-12)18-9-7-13(27-18)11-19-20(26)25-21(28-19)24-17-5-3-2-4-16(17)23/h2-11H,1H3,(H,24,25,26)/b19-11-. The Hall–Kier alpha value is -2.28. The number of amidine groups is 1. The van der Waals surface area contributed by atoms with Gasteiger partial charge in [0.2, 0.25) is 0 Å². The van der Waals surface area contributed by atoms with E-state index in [1.54, 1.807) is 18.2 Å². The Morgan fingerprint density at radius 2 is 2.00 bits per heavy atom. The molecule has 2 aromatic carbocycles. The van der Waals surface area contributed by atoms with Crippen molar-refractivity contribution in [3.05, 3.63) is 80.3 Å². The quantitative estimate of drug-likeness (QED) is 0.438. The first-order chi connectivity index (χ1) is 13.5. The molecule has 0 spiro atoms. The molecule has 1 fully saturated rings. The highest BCUT2D eigenvalue weighted by atomic mass is 79.9. The Morgan fingerprint density at radius 1 is 1.18 bits per heavy atom. The summed E-state index contributed by atoms with van der Waals surface area (Å²) < 4.78 is 6.87. The molecule has 0 atom stereocenters. The zero-order valence-corrected chi connectivity index (χ0v) is 17.9. The predicted molar refractivity (Wildman–Crippen MR) is 119 cm³/mol. The predicted octanol–water partition coefficient (Wildman–Crippen LogP) is 6.56. The molecule has 4 nitrogen and oxygen atoms in total. The van der Waals surface area contributed by atoms with Crippen LogP contribution >= 0.6 is 39.3 Å². The number of furan rings is 1. The SMILES string of the molecule is Cc1ccc(-c2ccc(/C=C3\SC(=Nc4ccccc4Cl)NC3=O)o2)c(Br)c1. The van der Waals surface area contributed by atoms with Crippen LogP contribution in [0.2, 0.25) is 5.02 Å². The fourth-order valence-electron chi connectivity index (χ4n) is 2.66. The minimum Gasteiger partial charge on any atom is -0.457 e. The number of benzene rings is 2. The number of carbonyl (C=O) groups is 1. The van der Waals surface area contributed by atoms with E-state index in [0.29, 0.717) is 26.5 Å². The van der Waals surface area contributed by atoms with Crippen molar-refractivity contribution in [1.82, 2.24) is 5.32 Å². The van der Waals surface area contributed by atoms with Crippen LogP contribution in [0.3, 0.4) is 0 Å². The van der Waals surface area contributed by atoms with Gasteiger partial charge in [-0.2, -0.15) is 0 Å². The average molecular weight is 474 g/mol. The Morgan fingerprint density at radius 3 is 2.79 bits per heavy atom. The molecule has 0 radical (unpaired) electrons. The highest BCUT2D eigenvalue weighted by Crippen LogP contribution is 2.33. The fourth-order valence-corrected chi connectivity index (χ4v) is 4.34. The molecule has 28 heavy (non-hydrogen) atoms. The van der Waals surface area contributed by atoms with E-state index in [1.165, 1.54) is 11.8 Å². The van der Waals surface area contributed by atoms with E-state index in [-0.39, 0.29) is 5.91 Å². The Kier molecular flexibility index (Phi) is 5.44. The van der Waals surface area contributed by atoms with Crippen molar-refractivity contribution in [2.75, 3.05) is 0 Å². The molecule has 0 bridgehead atoms. The van der Waals surface area contributed by atoms with Crippen molar-refractivity contribution in [2.45, 2.75) is 6.92 Å². The van der Waals surface area contributed by atoms with Gasteiger partial charge in [0, 0.05) is 16.1 Å². The van der Waals surface area contributed by atoms with Crippen molar-refractivity contribution in [2.24, 2.45) is 4.99 Å². The zero-order chi connectivity index (χ0) is 19.7. The summed E-state index contributed by atoms with van der Waals surface area (Å²) in [4.78, 5) is 17.2. The van der Waals surface area contributed by atoms with E-state index in [2.05, 4.69) is 26.2 Å². The second-order valence-electron chi connectivity index (χ2n) is 6.12. The lowest BCUT2D eigenvalue weighted by Gasteiger charge is -2.02. The van der Waals surface area contributed by atoms with Gasteiger partial charge in [0.25, 0.3) is 5.91 Å². The molecule has 1 amide bonds. The molecular weight excluding hydrogens is 460 g/mol. The number of nitrogens with zero attached hydrogens (tertiary/aromatic N) is 1. The maximum atomic E-state index is 12.3. The van der Waals surface area contributed by atoms with E-state index >= 15 is 0 Å². The van der Waals surface area contributed by atoms with E-state index in [4.69, 9.17) is 16.0 Å². The first kappa shape index (κ1) is 19.1. The van der Waals surface area contributed by atoms with Crippen molar-refractivity contribution < 1.29 is 9.21 Å². The minimum atomic E-state index is -0.217. The lowest BCUT2D eigenvalue weighted by molar-refractivity contribution is -0.115. The lowest BCUT2D eigenvalue weighted by Crippen LogP contribution is -2.19. The average Bonchev–Trinajstić information content (AvgIpc) is 3.24. The second kappa shape index (κ2) is 7.99. The number of carbonyl (C=O) groups excluding carboxylic acids is 1. The van der Waals surface area contributed by atoms with Gasteiger partial charge in [0.15, 0.2) is 5.17 Å². The topological polar surface area (TPSA) is 54.6 Å². The minimum absolute atomic E-state index is 0.217.